The first-order valence-corrected chi connectivity index (χ1v) is 9.88. The molecule has 1 fully saturated rings. The van der Waals surface area contributed by atoms with Gasteiger partial charge in [0.15, 0.2) is 5.82 Å². The van der Waals surface area contributed by atoms with Crippen LogP contribution < -0.4 is 15.1 Å². The number of hydrogen-bond acceptors (Lipinski definition) is 5. The molecule has 1 aliphatic rings. The van der Waals surface area contributed by atoms with Crippen molar-refractivity contribution in [3.8, 4) is 11.3 Å². The van der Waals surface area contributed by atoms with Crippen molar-refractivity contribution in [1.82, 2.24) is 10.2 Å². The van der Waals surface area contributed by atoms with E-state index in [-0.39, 0.29) is 5.91 Å². The Balaban J connectivity index is 1.41. The number of carbonyl (C=O) groups excluding carboxylic acids is 1. The predicted octanol–water partition coefficient (Wildman–Crippen LogP) is 4.06. The second-order valence-electron chi connectivity index (χ2n) is 7.44. The lowest BCUT2D eigenvalue weighted by atomic mass is 10.1. The van der Waals surface area contributed by atoms with Crippen LogP contribution in [0.3, 0.4) is 0 Å². The zero-order valence-electron chi connectivity index (χ0n) is 16.8. The molecule has 0 spiro atoms. The number of anilines is 3. The second kappa shape index (κ2) is 8.31. The number of nitrogens with one attached hydrogen (secondary N) is 1. The van der Waals surface area contributed by atoms with E-state index in [1.165, 1.54) is 12.8 Å². The number of rotatable bonds is 5. The molecule has 1 saturated heterocycles. The fraction of sp³-hybridized carbons (Fsp3) is 0.261. The van der Waals surface area contributed by atoms with Crippen molar-refractivity contribution in [3.63, 3.8) is 0 Å². The summed E-state index contributed by atoms with van der Waals surface area (Å²) in [6.45, 7) is 2.11. The normalized spacial score (nSPS) is 13.4. The van der Waals surface area contributed by atoms with Crippen molar-refractivity contribution in [2.45, 2.75) is 12.8 Å². The van der Waals surface area contributed by atoms with Gasteiger partial charge in [-0.3, -0.25) is 4.79 Å². The van der Waals surface area contributed by atoms with Gasteiger partial charge < -0.3 is 15.1 Å². The first-order chi connectivity index (χ1) is 14.1. The van der Waals surface area contributed by atoms with E-state index >= 15 is 0 Å². The molecule has 0 radical (unpaired) electrons. The van der Waals surface area contributed by atoms with Gasteiger partial charge in [0.2, 0.25) is 0 Å². The molecule has 6 heteroatoms. The molecular weight excluding hydrogens is 362 g/mol. The number of nitrogens with zero attached hydrogens (tertiary/aromatic N) is 4. The molecule has 0 saturated carbocycles. The van der Waals surface area contributed by atoms with E-state index in [0.29, 0.717) is 5.56 Å². The van der Waals surface area contributed by atoms with E-state index in [9.17, 15) is 4.79 Å². The van der Waals surface area contributed by atoms with Crippen molar-refractivity contribution in [2.24, 2.45) is 0 Å². The standard InChI is InChI=1S/C23H25N5O/c1-27(2)20-11-7-18(8-12-20)23(29)24-19-9-5-17(6-10-19)21-13-14-22(26-25-21)28-15-3-4-16-28/h5-14H,3-4,15-16H2,1-2H3,(H,24,29). The summed E-state index contributed by atoms with van der Waals surface area (Å²) < 4.78 is 0. The molecule has 1 aromatic heterocycles. The summed E-state index contributed by atoms with van der Waals surface area (Å²) in [6.07, 6.45) is 2.44. The molecular formula is C23H25N5O. The lowest BCUT2D eigenvalue weighted by Crippen LogP contribution is -2.19. The molecule has 0 unspecified atom stereocenters. The third-order valence-corrected chi connectivity index (χ3v) is 5.16. The molecule has 148 valence electrons. The minimum atomic E-state index is -0.127. The molecule has 1 N–H and O–H groups in total. The predicted molar refractivity (Wildman–Crippen MR) is 118 cm³/mol. The second-order valence-corrected chi connectivity index (χ2v) is 7.44. The average molecular weight is 387 g/mol. The average Bonchev–Trinajstić information content (AvgIpc) is 3.29. The van der Waals surface area contributed by atoms with Gasteiger partial charge in [-0.2, -0.15) is 0 Å². The molecule has 29 heavy (non-hydrogen) atoms. The Bertz CT molecular complexity index is 960. The summed E-state index contributed by atoms with van der Waals surface area (Å²) in [4.78, 5) is 16.7. The van der Waals surface area contributed by atoms with Crippen molar-refractivity contribution in [1.29, 1.82) is 0 Å². The highest BCUT2D eigenvalue weighted by molar-refractivity contribution is 6.04. The fourth-order valence-electron chi connectivity index (χ4n) is 3.43. The van der Waals surface area contributed by atoms with E-state index in [1.807, 2.05) is 79.7 Å². The topological polar surface area (TPSA) is 61.4 Å². The highest BCUT2D eigenvalue weighted by atomic mass is 16.1. The maximum Gasteiger partial charge on any atom is 0.255 e. The zero-order chi connectivity index (χ0) is 20.2. The molecule has 0 atom stereocenters. The van der Waals surface area contributed by atoms with Crippen LogP contribution in [0.1, 0.15) is 23.2 Å². The number of amides is 1. The van der Waals surface area contributed by atoms with E-state index in [2.05, 4.69) is 20.4 Å². The Labute approximate surface area is 171 Å². The Morgan fingerprint density at radius 2 is 1.59 bits per heavy atom. The van der Waals surface area contributed by atoms with Crippen LogP contribution in [0.2, 0.25) is 0 Å². The molecule has 1 amide bonds. The van der Waals surface area contributed by atoms with Crippen LogP contribution in [-0.2, 0) is 0 Å². The van der Waals surface area contributed by atoms with Gasteiger partial charge >= 0.3 is 0 Å². The van der Waals surface area contributed by atoms with Crippen molar-refractivity contribution < 1.29 is 4.79 Å². The van der Waals surface area contributed by atoms with Gasteiger partial charge in [-0.1, -0.05) is 12.1 Å². The summed E-state index contributed by atoms with van der Waals surface area (Å²) in [6, 6.07) is 19.2. The van der Waals surface area contributed by atoms with E-state index in [4.69, 9.17) is 0 Å². The highest BCUT2D eigenvalue weighted by Gasteiger charge is 2.14. The first kappa shape index (κ1) is 18.9. The molecule has 4 rings (SSSR count). The maximum atomic E-state index is 12.5. The summed E-state index contributed by atoms with van der Waals surface area (Å²) in [7, 11) is 3.95. The summed E-state index contributed by atoms with van der Waals surface area (Å²) in [5, 5.41) is 11.7. The van der Waals surface area contributed by atoms with Crippen LogP contribution in [0.15, 0.2) is 60.7 Å². The molecule has 3 aromatic rings. The SMILES string of the molecule is CN(C)c1ccc(C(=O)Nc2ccc(-c3ccc(N4CCCC4)nn3)cc2)cc1. The van der Waals surface area contributed by atoms with Gasteiger partial charge in [0.25, 0.3) is 5.91 Å². The van der Waals surface area contributed by atoms with E-state index < -0.39 is 0 Å². The molecule has 1 aliphatic heterocycles. The van der Waals surface area contributed by atoms with E-state index in [1.54, 1.807) is 0 Å². The summed E-state index contributed by atoms with van der Waals surface area (Å²) >= 11 is 0. The minimum Gasteiger partial charge on any atom is -0.378 e. The van der Waals surface area contributed by atoms with Crippen molar-refractivity contribution in [2.75, 3.05) is 42.3 Å². The number of benzene rings is 2. The van der Waals surface area contributed by atoms with Crippen LogP contribution in [0.25, 0.3) is 11.3 Å². The highest BCUT2D eigenvalue weighted by Crippen LogP contribution is 2.23. The van der Waals surface area contributed by atoms with Crippen LogP contribution in [0.5, 0.6) is 0 Å². The zero-order valence-corrected chi connectivity index (χ0v) is 16.8. The summed E-state index contributed by atoms with van der Waals surface area (Å²) in [5.41, 5.74) is 4.23. The Morgan fingerprint density at radius 1 is 0.897 bits per heavy atom. The Kier molecular flexibility index (Phi) is 5.42. The number of hydrogen-bond donors (Lipinski definition) is 1. The maximum absolute atomic E-state index is 12.5. The van der Waals surface area contributed by atoms with Gasteiger partial charge in [-0.15, -0.1) is 10.2 Å². The quantitative estimate of drug-likeness (QED) is 0.715. The monoisotopic (exact) mass is 387 g/mol. The van der Waals surface area contributed by atoms with Gasteiger partial charge in [-0.25, -0.2) is 0 Å². The molecule has 2 heterocycles. The van der Waals surface area contributed by atoms with Crippen molar-refractivity contribution >= 4 is 23.1 Å². The van der Waals surface area contributed by atoms with Crippen LogP contribution in [0, 0.1) is 0 Å². The number of aromatic nitrogens is 2. The molecule has 0 bridgehead atoms. The third kappa shape index (κ3) is 4.37. The smallest absolute Gasteiger partial charge is 0.255 e. The molecule has 2 aromatic carbocycles. The number of carbonyl (C=O) groups is 1. The lowest BCUT2D eigenvalue weighted by Gasteiger charge is -2.15. The molecule has 0 aliphatic carbocycles. The minimum absolute atomic E-state index is 0.127. The summed E-state index contributed by atoms with van der Waals surface area (Å²) in [5.74, 6) is 0.813. The Hall–Kier alpha value is -3.41. The third-order valence-electron chi connectivity index (χ3n) is 5.16. The van der Waals surface area contributed by atoms with Gasteiger partial charge in [0.1, 0.15) is 0 Å². The largest absolute Gasteiger partial charge is 0.378 e. The van der Waals surface area contributed by atoms with Gasteiger partial charge in [-0.05, 0) is 61.4 Å². The van der Waals surface area contributed by atoms with Crippen LogP contribution >= 0.6 is 0 Å². The van der Waals surface area contributed by atoms with Crippen molar-refractivity contribution in [3.05, 3.63) is 66.2 Å². The van der Waals surface area contributed by atoms with Gasteiger partial charge in [0, 0.05) is 49.7 Å². The lowest BCUT2D eigenvalue weighted by molar-refractivity contribution is 0.102. The first-order valence-electron chi connectivity index (χ1n) is 9.88. The van der Waals surface area contributed by atoms with Crippen LogP contribution in [0.4, 0.5) is 17.2 Å². The Morgan fingerprint density at radius 3 is 2.17 bits per heavy atom. The fourth-order valence-corrected chi connectivity index (χ4v) is 3.43. The van der Waals surface area contributed by atoms with Crippen LogP contribution in [-0.4, -0.2) is 43.3 Å². The van der Waals surface area contributed by atoms with Gasteiger partial charge in [0.05, 0.1) is 5.69 Å². The molecule has 6 nitrogen and oxygen atoms in total. The van der Waals surface area contributed by atoms with E-state index in [0.717, 1.165) is 41.5 Å².